The molecule has 0 unspecified atom stereocenters. The van der Waals surface area contributed by atoms with Gasteiger partial charge in [0, 0.05) is 29.5 Å². The Morgan fingerprint density at radius 3 is 2.61 bits per heavy atom. The Hall–Kier alpha value is -5.37. The van der Waals surface area contributed by atoms with E-state index in [1.165, 1.54) is 41.4 Å². The highest BCUT2D eigenvalue weighted by atomic mass is 35.5. The van der Waals surface area contributed by atoms with Crippen molar-refractivity contribution in [2.24, 2.45) is 5.16 Å². The Kier molecular flexibility index (Phi) is 11.3. The summed E-state index contributed by atoms with van der Waals surface area (Å²) in [4.78, 5) is 74.4. The number of phenolic OH excluding ortho intramolecular Hbond substituents is 2. The second-order valence-corrected chi connectivity index (χ2v) is 15.2. The smallest absolute Gasteiger partial charge is 0.335 e. The second-order valence-electron chi connectivity index (χ2n) is 12.8. The van der Waals surface area contributed by atoms with Crippen molar-refractivity contribution < 1.29 is 53.7 Å². The summed E-state index contributed by atoms with van der Waals surface area (Å²) in [6.45, 7) is 2.15. The fourth-order valence-corrected chi connectivity index (χ4v) is 8.80. The number of likely N-dealkylation sites (tertiary alicyclic amines) is 1. The molecule has 2 aromatic carbocycles. The first-order valence-corrected chi connectivity index (χ1v) is 18.9. The number of carboxylic acids is 2. The van der Waals surface area contributed by atoms with E-state index in [9.17, 15) is 44.4 Å². The summed E-state index contributed by atoms with van der Waals surface area (Å²) in [5.74, 6) is -5.51. The van der Waals surface area contributed by atoms with E-state index in [-0.39, 0.29) is 63.8 Å². The molecule has 3 aliphatic rings. The van der Waals surface area contributed by atoms with Gasteiger partial charge in [-0.3, -0.25) is 19.3 Å². The maximum atomic E-state index is 13.5. The molecule has 7 N–H and O–H groups in total. The topological polar surface area (TPSA) is 257 Å². The van der Waals surface area contributed by atoms with Crippen molar-refractivity contribution in [3.63, 3.8) is 0 Å². The van der Waals surface area contributed by atoms with Crippen molar-refractivity contribution in [1.29, 1.82) is 0 Å². The minimum Gasteiger partial charge on any atom is -0.543 e. The van der Waals surface area contributed by atoms with Gasteiger partial charge < -0.3 is 50.9 Å². The molecule has 3 amide bonds. The van der Waals surface area contributed by atoms with Crippen LogP contribution in [0.5, 0.6) is 11.5 Å². The summed E-state index contributed by atoms with van der Waals surface area (Å²) in [6.07, 6.45) is 1.75. The lowest BCUT2D eigenvalue weighted by Crippen LogP contribution is -2.72. The van der Waals surface area contributed by atoms with E-state index in [0.717, 1.165) is 35.1 Å². The number of carbonyl (C=O) groups excluding carboxylic acids is 4. The fourth-order valence-electron chi connectivity index (χ4n) is 6.67. The van der Waals surface area contributed by atoms with Crippen LogP contribution in [0.2, 0.25) is 5.02 Å². The normalized spacial score (nSPS) is 19.2. The van der Waals surface area contributed by atoms with Gasteiger partial charge in [0.05, 0.1) is 54.0 Å². The number of rotatable bonds is 14. The number of benzene rings is 2. The monoisotopic (exact) mass is 799 g/mol. The second kappa shape index (κ2) is 15.9. The van der Waals surface area contributed by atoms with E-state index >= 15 is 0 Å². The highest BCUT2D eigenvalue weighted by Gasteiger charge is 2.54. The molecule has 2 fully saturated rings. The molecule has 0 spiro atoms. The fraction of sp³-hybridized carbons (Fsp3) is 0.324. The number of nitrogen functional groups attached to an aromatic ring is 1. The predicted octanol–water partition coefficient (Wildman–Crippen LogP) is 0.854. The van der Waals surface area contributed by atoms with E-state index in [0.29, 0.717) is 35.3 Å². The molecule has 6 rings (SSSR count). The summed E-state index contributed by atoms with van der Waals surface area (Å²) in [6, 6.07) is 7.31. The molecule has 0 bridgehead atoms. The van der Waals surface area contributed by atoms with Crippen LogP contribution in [0.25, 0.3) is 0 Å². The Balaban J connectivity index is 1.13. The number of aliphatic carboxylic acids is 1. The molecule has 0 aliphatic carbocycles. The molecule has 2 saturated heterocycles. The number of thioether (sulfide) groups is 1. The quantitative estimate of drug-likeness (QED) is 0.0435. The number of amides is 3. The van der Waals surface area contributed by atoms with Crippen LogP contribution in [0.15, 0.2) is 58.2 Å². The van der Waals surface area contributed by atoms with Crippen molar-refractivity contribution in [3.8, 4) is 11.5 Å². The van der Waals surface area contributed by atoms with E-state index in [2.05, 4.69) is 20.8 Å². The third kappa shape index (κ3) is 7.93. The number of nitrogens with one attached hydrogen (secondary N) is 2. The van der Waals surface area contributed by atoms with Gasteiger partial charge in [-0.05, 0) is 29.8 Å². The Morgan fingerprint density at radius 1 is 1.17 bits per heavy atom. The maximum absolute atomic E-state index is 13.5. The Bertz CT molecular complexity index is 2080. The highest BCUT2D eigenvalue weighted by molar-refractivity contribution is 8.00. The molecule has 17 nitrogen and oxygen atoms in total. The summed E-state index contributed by atoms with van der Waals surface area (Å²) in [5, 5.41) is 51.3. The number of thiazole rings is 1. The van der Waals surface area contributed by atoms with Crippen molar-refractivity contribution in [2.45, 2.75) is 30.9 Å². The van der Waals surface area contributed by atoms with Gasteiger partial charge in [-0.25, -0.2) is 9.78 Å². The molecule has 284 valence electrons. The SMILES string of the molecule is Nc1nc(/C(=N/OCc2cccc(C(=O)O)c2)C(=O)N[C@@H]2C(=O)N3C(C(=O)[O-])=C(C[N+]4(CCNC(=O)c5ccc(O)c(O)c5Cl)CCCC4)CS[C@H]23)cs1. The Morgan fingerprint density at radius 2 is 1.93 bits per heavy atom. The molecule has 54 heavy (non-hydrogen) atoms. The first-order chi connectivity index (χ1) is 25.8. The number of aromatic nitrogens is 1. The van der Waals surface area contributed by atoms with Gasteiger partial charge in [0.1, 0.15) is 30.3 Å². The van der Waals surface area contributed by atoms with Crippen LogP contribution in [0.3, 0.4) is 0 Å². The first-order valence-electron chi connectivity index (χ1n) is 16.5. The van der Waals surface area contributed by atoms with Crippen molar-refractivity contribution in [2.75, 3.05) is 44.2 Å². The standard InChI is InChI=1S/C34H34ClN7O10S2/c35-23-20(6-7-22(43)27(23)44)28(45)37-8-11-42(9-1-2-10-42)13-19-15-53-31-25(30(47)41(31)26(19)33(50)51)39-29(46)24(21-16-54-34(36)38-21)40-52-14-17-4-3-5-18(12-17)32(48)49/h3-7,12,16,25,31H,1-2,8-11,13-15H2,(H7-,36,37,38,39,40,43,44,45,46,48,49,50,51)/t25-,31-/m1/s1. The molecule has 20 heteroatoms. The van der Waals surface area contributed by atoms with Gasteiger partial charge in [0.15, 0.2) is 22.3 Å². The molecular weight excluding hydrogens is 766 g/mol. The lowest BCUT2D eigenvalue weighted by Gasteiger charge is -2.51. The van der Waals surface area contributed by atoms with Gasteiger partial charge in [-0.15, -0.1) is 23.1 Å². The number of carboxylic acid groups (broad SMARTS) is 2. The number of aromatic hydroxyl groups is 2. The zero-order valence-corrected chi connectivity index (χ0v) is 30.7. The number of oxime groups is 1. The van der Waals surface area contributed by atoms with E-state index in [4.69, 9.17) is 22.2 Å². The van der Waals surface area contributed by atoms with Crippen LogP contribution in [0.1, 0.15) is 44.8 Å². The summed E-state index contributed by atoms with van der Waals surface area (Å²) in [5.41, 5.74) is 6.31. The predicted molar refractivity (Wildman–Crippen MR) is 194 cm³/mol. The number of phenols is 2. The van der Waals surface area contributed by atoms with Crippen LogP contribution in [-0.2, 0) is 25.8 Å². The molecule has 0 saturated carbocycles. The van der Waals surface area contributed by atoms with Crippen LogP contribution in [0.4, 0.5) is 5.13 Å². The average Bonchev–Trinajstić information content (AvgIpc) is 3.79. The van der Waals surface area contributed by atoms with Crippen LogP contribution in [0, 0.1) is 0 Å². The zero-order valence-electron chi connectivity index (χ0n) is 28.3. The van der Waals surface area contributed by atoms with Crippen LogP contribution in [-0.4, -0.2) is 115 Å². The molecule has 3 aromatic rings. The molecule has 3 aliphatic heterocycles. The molecular formula is C34H34ClN7O10S2. The zero-order chi connectivity index (χ0) is 38.7. The van der Waals surface area contributed by atoms with Crippen molar-refractivity contribution >= 4 is 75.2 Å². The number of fused-ring (bicyclic) bond motifs is 1. The number of hydrogen-bond donors (Lipinski definition) is 6. The Labute approximate surface area is 320 Å². The number of carbonyl (C=O) groups is 5. The van der Waals surface area contributed by atoms with Crippen molar-refractivity contribution in [3.05, 3.63) is 80.5 Å². The van der Waals surface area contributed by atoms with Gasteiger partial charge in [-0.2, -0.15) is 0 Å². The van der Waals surface area contributed by atoms with Crippen molar-refractivity contribution in [1.82, 2.24) is 20.5 Å². The minimum atomic E-state index is -1.53. The summed E-state index contributed by atoms with van der Waals surface area (Å²) < 4.78 is 0.450. The number of quaternary nitrogens is 1. The summed E-state index contributed by atoms with van der Waals surface area (Å²) >= 11 is 8.38. The number of anilines is 1. The van der Waals surface area contributed by atoms with Gasteiger partial charge in [-0.1, -0.05) is 28.9 Å². The minimum absolute atomic E-state index is 0.0144. The third-order valence-corrected chi connectivity index (χ3v) is 11.7. The molecule has 2 atom stereocenters. The number of aromatic carboxylic acids is 1. The molecule has 0 radical (unpaired) electrons. The van der Waals surface area contributed by atoms with Gasteiger partial charge >= 0.3 is 5.97 Å². The number of hydrogen-bond acceptors (Lipinski definition) is 14. The molecule has 4 heterocycles. The number of nitrogens with zero attached hydrogens (tertiary/aromatic N) is 4. The van der Waals surface area contributed by atoms with Crippen LogP contribution >= 0.6 is 34.7 Å². The lowest BCUT2D eigenvalue weighted by atomic mass is 10.0. The lowest BCUT2D eigenvalue weighted by molar-refractivity contribution is -0.911. The number of halogens is 1. The van der Waals surface area contributed by atoms with E-state index < -0.39 is 52.6 Å². The van der Waals surface area contributed by atoms with Gasteiger partial charge in [0.2, 0.25) is 0 Å². The molecule has 1 aromatic heterocycles. The number of nitrogens with two attached hydrogens (primary N) is 1. The maximum Gasteiger partial charge on any atom is 0.335 e. The third-order valence-electron chi connectivity index (χ3n) is 9.32. The van der Waals surface area contributed by atoms with Crippen LogP contribution < -0.4 is 21.5 Å². The average molecular weight is 800 g/mol. The largest absolute Gasteiger partial charge is 0.543 e. The summed E-state index contributed by atoms with van der Waals surface area (Å²) in [7, 11) is 0. The van der Waals surface area contributed by atoms with Gasteiger partial charge in [0.25, 0.3) is 17.7 Å². The number of β-lactam (4-membered cyclic amide) rings is 1. The first kappa shape index (κ1) is 38.4. The van der Waals surface area contributed by atoms with E-state index in [1.54, 1.807) is 6.07 Å². The van der Waals surface area contributed by atoms with E-state index in [1.807, 2.05) is 0 Å². The highest BCUT2D eigenvalue weighted by Crippen LogP contribution is 2.41.